The number of nitrogens with zero attached hydrogens (tertiary/aromatic N) is 2. The van der Waals surface area contributed by atoms with Gasteiger partial charge in [-0.1, -0.05) is 102 Å². The number of rotatable bonds is 7. The van der Waals surface area contributed by atoms with E-state index in [9.17, 15) is 0 Å². The lowest BCUT2D eigenvalue weighted by molar-refractivity contribution is 0.575. The first-order valence-electron chi connectivity index (χ1n) is 14.1. The maximum Gasteiger partial charge on any atom is 0.144 e. The highest BCUT2D eigenvalue weighted by atomic mass is 16.3. The smallest absolute Gasteiger partial charge is 0.144 e. The molecule has 1 heterocycles. The fraction of sp³-hybridized carbons (Fsp3) is 0.314. The first-order valence-corrected chi connectivity index (χ1v) is 14.1. The number of para-hydroxylation sites is 2. The van der Waals surface area contributed by atoms with Crippen LogP contribution in [0.3, 0.4) is 0 Å². The summed E-state index contributed by atoms with van der Waals surface area (Å²) in [6.07, 6.45) is 5.64. The van der Waals surface area contributed by atoms with Crippen molar-refractivity contribution in [1.82, 2.24) is 0 Å². The minimum Gasteiger partial charge on any atom is -0.463 e. The zero-order chi connectivity index (χ0) is 26.8. The molecule has 0 amide bonds. The Bertz CT molecular complexity index is 1490. The third-order valence-corrected chi connectivity index (χ3v) is 7.71. The topological polar surface area (TPSA) is 37.9 Å². The number of furan rings is 1. The number of aliphatic imine (C=N–C) groups is 2. The molecule has 5 rings (SSSR count). The van der Waals surface area contributed by atoms with E-state index >= 15 is 0 Å². The molecule has 0 aliphatic heterocycles. The average molecular weight is 503 g/mol. The third kappa shape index (κ3) is 4.45. The number of aryl methyl sites for hydroxylation is 4. The highest BCUT2D eigenvalue weighted by molar-refractivity contribution is 6.57. The Morgan fingerprint density at radius 1 is 0.605 bits per heavy atom. The first-order chi connectivity index (χ1) is 18.5. The monoisotopic (exact) mass is 502 g/mol. The number of fused-ring (bicyclic) bond motifs is 3. The van der Waals surface area contributed by atoms with E-state index in [2.05, 4.69) is 102 Å². The van der Waals surface area contributed by atoms with Gasteiger partial charge in [-0.25, -0.2) is 9.98 Å². The SMILES string of the molecule is CCc1cccc(CC)c1/N=C1/C(=N/c2c(CC)cccc2CC)c2c(C(C)C)coc2-c2ccccc21. The maximum atomic E-state index is 6.31. The highest BCUT2D eigenvalue weighted by Crippen LogP contribution is 2.42. The van der Waals surface area contributed by atoms with Gasteiger partial charge in [0, 0.05) is 16.7 Å². The van der Waals surface area contributed by atoms with Gasteiger partial charge in [0.2, 0.25) is 0 Å². The normalized spacial score (nSPS) is 14.8. The largest absolute Gasteiger partial charge is 0.463 e. The van der Waals surface area contributed by atoms with Crippen molar-refractivity contribution in [3.8, 4) is 11.3 Å². The van der Waals surface area contributed by atoms with Gasteiger partial charge in [0.05, 0.1) is 28.9 Å². The van der Waals surface area contributed by atoms with Crippen LogP contribution >= 0.6 is 0 Å². The predicted molar refractivity (Wildman–Crippen MR) is 161 cm³/mol. The van der Waals surface area contributed by atoms with Crippen LogP contribution in [0.1, 0.15) is 86.4 Å². The molecule has 38 heavy (non-hydrogen) atoms. The van der Waals surface area contributed by atoms with Crippen LogP contribution in [-0.4, -0.2) is 11.4 Å². The summed E-state index contributed by atoms with van der Waals surface area (Å²) in [5, 5.41) is 0. The van der Waals surface area contributed by atoms with Gasteiger partial charge in [0.15, 0.2) is 0 Å². The van der Waals surface area contributed by atoms with Gasteiger partial charge in [0.1, 0.15) is 11.5 Å². The standard InChI is InChI=1S/C35H38N2O/c1-7-23-15-13-16-24(8-2)31(23)36-33-27-19-11-12-20-28(27)35-30(29(21-38-35)22(5)6)34(33)37-32-25(9-3)17-14-18-26(32)10-4/h11-22H,7-10H2,1-6H3/b36-33+,37-34+. The molecule has 0 saturated carbocycles. The highest BCUT2D eigenvalue weighted by Gasteiger charge is 2.33. The van der Waals surface area contributed by atoms with Crippen LogP contribution in [0.5, 0.6) is 0 Å². The van der Waals surface area contributed by atoms with Crippen LogP contribution in [0.2, 0.25) is 0 Å². The van der Waals surface area contributed by atoms with Gasteiger partial charge in [0.25, 0.3) is 0 Å². The van der Waals surface area contributed by atoms with Crippen LogP contribution in [0, 0.1) is 0 Å². The molecule has 4 aromatic rings. The van der Waals surface area contributed by atoms with E-state index in [-0.39, 0.29) is 0 Å². The molecule has 0 unspecified atom stereocenters. The van der Waals surface area contributed by atoms with Crippen LogP contribution < -0.4 is 0 Å². The lowest BCUT2D eigenvalue weighted by Crippen LogP contribution is -2.24. The molecule has 3 aromatic carbocycles. The Balaban J connectivity index is 1.92. The van der Waals surface area contributed by atoms with Gasteiger partial charge in [-0.3, -0.25) is 0 Å². The molecule has 0 spiro atoms. The van der Waals surface area contributed by atoms with E-state index in [1.54, 1.807) is 0 Å². The average Bonchev–Trinajstić information content (AvgIpc) is 3.40. The number of benzene rings is 3. The molecule has 1 aromatic heterocycles. The second-order valence-corrected chi connectivity index (χ2v) is 10.3. The van der Waals surface area contributed by atoms with Crippen LogP contribution in [-0.2, 0) is 25.7 Å². The molecule has 1 aliphatic rings. The van der Waals surface area contributed by atoms with Gasteiger partial charge >= 0.3 is 0 Å². The van der Waals surface area contributed by atoms with Gasteiger partial charge in [-0.05, 0) is 53.9 Å². The molecule has 0 saturated heterocycles. The Kier molecular flexibility index (Phi) is 7.46. The molecule has 0 fully saturated rings. The Morgan fingerprint density at radius 2 is 1.08 bits per heavy atom. The summed E-state index contributed by atoms with van der Waals surface area (Å²) in [4.78, 5) is 11.0. The molecule has 1 aliphatic carbocycles. The van der Waals surface area contributed by atoms with Crippen molar-refractivity contribution in [2.24, 2.45) is 9.98 Å². The van der Waals surface area contributed by atoms with Crippen molar-refractivity contribution in [3.63, 3.8) is 0 Å². The van der Waals surface area contributed by atoms with E-state index in [0.717, 1.165) is 70.9 Å². The van der Waals surface area contributed by atoms with E-state index in [4.69, 9.17) is 14.4 Å². The first kappa shape index (κ1) is 25.9. The maximum absolute atomic E-state index is 6.31. The van der Waals surface area contributed by atoms with Gasteiger partial charge in [-0.15, -0.1) is 0 Å². The molecule has 0 bridgehead atoms. The number of hydrogen-bond acceptors (Lipinski definition) is 3. The molecule has 194 valence electrons. The van der Waals surface area contributed by atoms with E-state index < -0.39 is 0 Å². The second-order valence-electron chi connectivity index (χ2n) is 10.3. The molecule has 0 radical (unpaired) electrons. The number of hydrogen-bond donors (Lipinski definition) is 0. The Morgan fingerprint density at radius 3 is 1.55 bits per heavy atom. The summed E-state index contributed by atoms with van der Waals surface area (Å²) in [6, 6.07) is 21.6. The van der Waals surface area contributed by atoms with Crippen molar-refractivity contribution in [2.75, 3.05) is 0 Å². The predicted octanol–water partition coefficient (Wildman–Crippen LogP) is 9.57. The molecule has 3 nitrogen and oxygen atoms in total. The lowest BCUT2D eigenvalue weighted by Gasteiger charge is -2.23. The summed E-state index contributed by atoms with van der Waals surface area (Å²) in [5.41, 5.74) is 13.4. The minimum atomic E-state index is 0.292. The van der Waals surface area contributed by atoms with Crippen molar-refractivity contribution >= 4 is 22.8 Å². The summed E-state index contributed by atoms with van der Waals surface area (Å²) in [7, 11) is 0. The minimum absolute atomic E-state index is 0.292. The van der Waals surface area contributed by atoms with E-state index in [1.807, 2.05) is 6.26 Å². The zero-order valence-electron chi connectivity index (χ0n) is 23.6. The lowest BCUT2D eigenvalue weighted by atomic mass is 9.83. The van der Waals surface area contributed by atoms with Crippen molar-refractivity contribution in [1.29, 1.82) is 0 Å². The van der Waals surface area contributed by atoms with Crippen LogP contribution in [0.15, 0.2) is 81.3 Å². The summed E-state index contributed by atoms with van der Waals surface area (Å²) >= 11 is 0. The van der Waals surface area contributed by atoms with Crippen molar-refractivity contribution in [2.45, 2.75) is 73.1 Å². The van der Waals surface area contributed by atoms with Crippen molar-refractivity contribution < 1.29 is 4.42 Å². The van der Waals surface area contributed by atoms with E-state index in [1.165, 1.54) is 27.8 Å². The Hall–Kier alpha value is -3.72. The molecule has 0 atom stereocenters. The van der Waals surface area contributed by atoms with Crippen LogP contribution in [0.4, 0.5) is 11.4 Å². The zero-order valence-corrected chi connectivity index (χ0v) is 23.6. The van der Waals surface area contributed by atoms with Crippen LogP contribution in [0.25, 0.3) is 11.3 Å². The summed E-state index contributed by atoms with van der Waals surface area (Å²) in [5.74, 6) is 1.19. The second kappa shape index (κ2) is 10.9. The fourth-order valence-corrected chi connectivity index (χ4v) is 5.54. The summed E-state index contributed by atoms with van der Waals surface area (Å²) in [6.45, 7) is 13.3. The Labute approximate surface area is 227 Å². The molecular weight excluding hydrogens is 464 g/mol. The summed E-state index contributed by atoms with van der Waals surface area (Å²) < 4.78 is 6.31. The van der Waals surface area contributed by atoms with Gasteiger partial charge in [-0.2, -0.15) is 0 Å². The van der Waals surface area contributed by atoms with E-state index in [0.29, 0.717) is 5.92 Å². The van der Waals surface area contributed by atoms with Crippen molar-refractivity contribution in [3.05, 3.63) is 106 Å². The fourth-order valence-electron chi connectivity index (χ4n) is 5.54. The quantitative estimate of drug-likeness (QED) is 0.248. The molecule has 0 N–H and O–H groups in total. The third-order valence-electron chi connectivity index (χ3n) is 7.71. The van der Waals surface area contributed by atoms with Gasteiger partial charge < -0.3 is 4.42 Å². The molecular formula is C35H38N2O. The molecule has 3 heteroatoms.